The zero-order valence-corrected chi connectivity index (χ0v) is 20.4. The third-order valence-corrected chi connectivity index (χ3v) is 7.20. The van der Waals surface area contributed by atoms with Gasteiger partial charge in [0.2, 0.25) is 0 Å². The molecule has 36 heavy (non-hydrogen) atoms. The summed E-state index contributed by atoms with van der Waals surface area (Å²) in [4.78, 5) is 33.5. The zero-order chi connectivity index (χ0) is 25.6. The quantitative estimate of drug-likeness (QED) is 0.193. The van der Waals surface area contributed by atoms with Crippen molar-refractivity contribution in [2.75, 3.05) is 6.61 Å². The number of ether oxygens (including phenoxy) is 1. The van der Waals surface area contributed by atoms with Crippen LogP contribution in [0.25, 0.3) is 12.2 Å². The minimum absolute atomic E-state index is 0.210. The van der Waals surface area contributed by atoms with E-state index in [2.05, 4.69) is 9.51 Å². The first kappa shape index (κ1) is 24.9. The molecule has 0 unspecified atom stereocenters. The SMILES string of the molecule is O=c1[nH]c(=S)c(C2c3ccccc3C=Cc3ccccc32)cn1[C@@H]1O[C@H](COP(=O)(O)O)[C@@H](O)[C@H]1O. The van der Waals surface area contributed by atoms with Gasteiger partial charge in [-0.1, -0.05) is 72.9 Å². The van der Waals surface area contributed by atoms with Gasteiger partial charge in [0.05, 0.1) is 6.61 Å². The van der Waals surface area contributed by atoms with Gasteiger partial charge in [-0.3, -0.25) is 14.1 Å². The first-order chi connectivity index (χ1) is 17.1. The lowest BCUT2D eigenvalue weighted by Gasteiger charge is -2.24. The van der Waals surface area contributed by atoms with Gasteiger partial charge < -0.3 is 24.7 Å². The molecule has 5 N–H and O–H groups in total. The van der Waals surface area contributed by atoms with Crippen LogP contribution in [0.4, 0.5) is 0 Å². The van der Waals surface area contributed by atoms with Gasteiger partial charge in [-0.15, -0.1) is 0 Å². The van der Waals surface area contributed by atoms with E-state index in [0.717, 1.165) is 26.8 Å². The molecule has 10 nitrogen and oxygen atoms in total. The Morgan fingerprint density at radius 3 is 2.14 bits per heavy atom. The largest absolute Gasteiger partial charge is 0.469 e. The molecule has 1 saturated heterocycles. The van der Waals surface area contributed by atoms with Crippen molar-refractivity contribution in [1.29, 1.82) is 0 Å². The Labute approximate surface area is 210 Å². The van der Waals surface area contributed by atoms with E-state index >= 15 is 0 Å². The summed E-state index contributed by atoms with van der Waals surface area (Å²) in [5.41, 5.74) is 3.79. The maximum absolute atomic E-state index is 12.9. The lowest BCUT2D eigenvalue weighted by Crippen LogP contribution is -2.36. The molecule has 0 spiro atoms. The van der Waals surface area contributed by atoms with Crippen LogP contribution in [0.5, 0.6) is 0 Å². The Hall–Kier alpha value is -2.73. The molecule has 2 aromatic carbocycles. The van der Waals surface area contributed by atoms with E-state index in [9.17, 15) is 19.6 Å². The number of rotatable bonds is 5. The number of phosphoric acid groups is 1. The maximum atomic E-state index is 12.9. The van der Waals surface area contributed by atoms with E-state index in [1.54, 1.807) is 0 Å². The lowest BCUT2D eigenvalue weighted by molar-refractivity contribution is -0.0543. The average Bonchev–Trinajstić information content (AvgIpc) is 3.02. The molecule has 0 amide bonds. The minimum Gasteiger partial charge on any atom is -0.387 e. The van der Waals surface area contributed by atoms with Crippen LogP contribution in [-0.2, 0) is 13.8 Å². The fourth-order valence-corrected chi connectivity index (χ4v) is 5.30. The summed E-state index contributed by atoms with van der Waals surface area (Å²) in [7, 11) is -4.83. The molecule has 12 heteroatoms. The van der Waals surface area contributed by atoms with Crippen LogP contribution in [-0.4, -0.2) is 54.5 Å². The van der Waals surface area contributed by atoms with E-state index < -0.39 is 44.7 Å². The third-order valence-electron chi connectivity index (χ3n) is 6.38. The van der Waals surface area contributed by atoms with Gasteiger partial charge in [0.1, 0.15) is 23.0 Å². The molecule has 188 valence electrons. The fourth-order valence-electron chi connectivity index (χ4n) is 4.70. The van der Waals surface area contributed by atoms with Crippen molar-refractivity contribution < 1.29 is 33.8 Å². The molecule has 3 aromatic rings. The van der Waals surface area contributed by atoms with Gasteiger partial charge >= 0.3 is 13.5 Å². The molecule has 1 aliphatic heterocycles. The lowest BCUT2D eigenvalue weighted by atomic mass is 9.83. The number of benzene rings is 2. The molecular weight excluding hydrogens is 507 g/mol. The summed E-state index contributed by atoms with van der Waals surface area (Å²) in [5, 5.41) is 21.0. The zero-order valence-electron chi connectivity index (χ0n) is 18.7. The summed E-state index contributed by atoms with van der Waals surface area (Å²) in [6.07, 6.45) is -0.218. The second kappa shape index (κ2) is 9.62. The Morgan fingerprint density at radius 2 is 1.56 bits per heavy atom. The Bertz CT molecular complexity index is 1450. The number of fused-ring (bicyclic) bond motifs is 2. The van der Waals surface area contributed by atoms with Crippen molar-refractivity contribution in [1.82, 2.24) is 9.55 Å². The highest BCUT2D eigenvalue weighted by molar-refractivity contribution is 7.71. The average molecular weight is 530 g/mol. The predicted octanol–water partition coefficient (Wildman–Crippen LogP) is 2.30. The molecule has 0 saturated carbocycles. The molecule has 4 atom stereocenters. The van der Waals surface area contributed by atoms with Crippen LogP contribution in [0.3, 0.4) is 0 Å². The monoisotopic (exact) mass is 530 g/mol. The van der Waals surface area contributed by atoms with Gasteiger partial charge in [0, 0.05) is 17.7 Å². The highest BCUT2D eigenvalue weighted by Crippen LogP contribution is 2.41. The highest BCUT2D eigenvalue weighted by Gasteiger charge is 2.45. The van der Waals surface area contributed by atoms with Crippen molar-refractivity contribution >= 4 is 32.2 Å². The van der Waals surface area contributed by atoms with E-state index in [1.807, 2.05) is 60.7 Å². The number of nitrogens with one attached hydrogen (secondary N) is 1. The number of aliphatic hydroxyl groups excluding tert-OH is 2. The van der Waals surface area contributed by atoms with Crippen molar-refractivity contribution in [2.24, 2.45) is 0 Å². The molecule has 0 radical (unpaired) electrons. The second-order valence-corrected chi connectivity index (χ2v) is 10.3. The number of aromatic amines is 1. The minimum atomic E-state index is -4.83. The van der Waals surface area contributed by atoms with Gasteiger partial charge in [0.15, 0.2) is 6.23 Å². The Balaban J connectivity index is 1.60. The maximum Gasteiger partial charge on any atom is 0.469 e. The molecule has 1 aliphatic carbocycles. The van der Waals surface area contributed by atoms with Crippen molar-refractivity contribution in [2.45, 2.75) is 30.5 Å². The number of hydrogen-bond acceptors (Lipinski definition) is 7. The smallest absolute Gasteiger partial charge is 0.387 e. The molecule has 1 aromatic heterocycles. The van der Waals surface area contributed by atoms with Crippen LogP contribution in [0.2, 0.25) is 0 Å². The summed E-state index contributed by atoms with van der Waals surface area (Å²) in [6.45, 7) is -0.682. The van der Waals surface area contributed by atoms with Gasteiger partial charge in [-0.2, -0.15) is 0 Å². The molecule has 1 fully saturated rings. The predicted molar refractivity (Wildman–Crippen MR) is 133 cm³/mol. The molecule has 2 heterocycles. The number of nitrogens with zero attached hydrogens (tertiary/aromatic N) is 1. The topological polar surface area (TPSA) is 154 Å². The van der Waals surface area contributed by atoms with Crippen molar-refractivity contribution in [3.63, 3.8) is 0 Å². The summed E-state index contributed by atoms with van der Waals surface area (Å²) >= 11 is 5.57. The number of aliphatic hydroxyl groups is 2. The van der Waals surface area contributed by atoms with Gasteiger partial charge in [-0.05, 0) is 22.3 Å². The molecule has 0 bridgehead atoms. The van der Waals surface area contributed by atoms with Crippen molar-refractivity contribution in [3.8, 4) is 0 Å². The molecular formula is C24H23N2O8PS. The normalized spacial score (nSPS) is 23.8. The highest BCUT2D eigenvalue weighted by atomic mass is 32.1. The summed E-state index contributed by atoms with van der Waals surface area (Å²) < 4.78 is 22.4. The second-order valence-electron chi connectivity index (χ2n) is 8.61. The van der Waals surface area contributed by atoms with Gasteiger partial charge in [-0.25, -0.2) is 9.36 Å². The van der Waals surface area contributed by atoms with E-state index in [4.69, 9.17) is 26.7 Å². The molecule has 5 rings (SSSR count). The Kier molecular flexibility index (Phi) is 6.67. The number of aromatic nitrogens is 2. The Morgan fingerprint density at radius 1 is 0.972 bits per heavy atom. The van der Waals surface area contributed by atoms with Crippen LogP contribution in [0, 0.1) is 4.64 Å². The number of H-pyrrole nitrogens is 1. The van der Waals surface area contributed by atoms with Crippen molar-refractivity contribution in [3.05, 3.63) is 97.7 Å². The first-order valence-corrected chi connectivity index (χ1v) is 13.0. The van der Waals surface area contributed by atoms with Crippen LogP contribution in [0.15, 0.2) is 59.5 Å². The summed E-state index contributed by atoms with van der Waals surface area (Å²) in [5.74, 6) is -0.361. The number of phosphoric ester groups is 1. The van der Waals surface area contributed by atoms with Crippen LogP contribution in [0.1, 0.15) is 40.0 Å². The van der Waals surface area contributed by atoms with Gasteiger partial charge in [0.25, 0.3) is 0 Å². The first-order valence-electron chi connectivity index (χ1n) is 11.1. The molecule has 2 aliphatic rings. The van der Waals surface area contributed by atoms with E-state index in [-0.39, 0.29) is 10.6 Å². The van der Waals surface area contributed by atoms with Crippen LogP contribution < -0.4 is 5.69 Å². The number of hydrogen-bond donors (Lipinski definition) is 5. The van der Waals surface area contributed by atoms with E-state index in [0.29, 0.717) is 5.56 Å². The third kappa shape index (κ3) is 4.68. The summed E-state index contributed by atoms with van der Waals surface area (Å²) in [6, 6.07) is 15.6. The van der Waals surface area contributed by atoms with Crippen LogP contribution >= 0.6 is 20.0 Å². The fraction of sp³-hybridized carbons (Fsp3) is 0.250. The van der Waals surface area contributed by atoms with E-state index in [1.165, 1.54) is 6.20 Å². The standard InChI is InChI=1S/C24H23N2O8PS/c27-20-18(12-33-35(30,31)32)34-23(21(20)28)26-11-17(22(36)25-24(26)29)19-15-7-3-1-5-13(15)9-10-14-6-2-4-8-16(14)19/h1-11,18-21,23,27-28H,12H2,(H,25,29,36)(H2,30,31,32)/t18-,20-,21-,23-/m1/s1.